The van der Waals surface area contributed by atoms with Crippen molar-refractivity contribution >= 4 is 35.4 Å². The number of phenolic OH excluding ortho intramolecular Hbond substituents is 1. The number of amides is 3. The van der Waals surface area contributed by atoms with Crippen molar-refractivity contribution in [2.45, 2.75) is 55.8 Å². The Bertz CT molecular complexity index is 2030. The zero-order chi connectivity index (χ0) is 36.0. The number of imide groups is 1. The lowest BCUT2D eigenvalue weighted by atomic mass is 10.0. The van der Waals surface area contributed by atoms with Crippen LogP contribution in [0.2, 0.25) is 0 Å². The van der Waals surface area contributed by atoms with Gasteiger partial charge in [-0.1, -0.05) is 78.5 Å². The number of alkyl carbamates (subject to hydrolysis) is 1. The van der Waals surface area contributed by atoms with Crippen molar-refractivity contribution < 1.29 is 38.8 Å². The first-order chi connectivity index (χ1) is 25.3. The number of carbonyl (C=O) groups is 3. The molecule has 4 aromatic carbocycles. The molecule has 3 amide bonds. The Morgan fingerprint density at radius 1 is 0.904 bits per heavy atom. The third-order valence-corrected chi connectivity index (χ3v) is 9.65. The summed E-state index contributed by atoms with van der Waals surface area (Å²) in [5.74, 6) is -0.459. The number of nitrogens with one attached hydrogen (secondary N) is 1. The zero-order valence-electron chi connectivity index (χ0n) is 27.6. The average Bonchev–Trinajstić information content (AvgIpc) is 3.76. The van der Waals surface area contributed by atoms with Crippen LogP contribution in [0.1, 0.15) is 47.5 Å². The van der Waals surface area contributed by atoms with Gasteiger partial charge in [-0.2, -0.15) is 4.68 Å². The van der Waals surface area contributed by atoms with Gasteiger partial charge in [0.1, 0.15) is 18.4 Å². The summed E-state index contributed by atoms with van der Waals surface area (Å²) in [6, 6.07) is 28.9. The molecule has 14 nitrogen and oxygen atoms in total. The SMILES string of the molecule is O=C(NC1CC(=O)N(c2cccc([C@@H]3O[C@H](CSc4nnnn4-c4ccc(O)cc4)C[C@H](c4ccc(CO)cc4)O3)c2)C1=O)OCc1ccccc1. The van der Waals surface area contributed by atoms with E-state index >= 15 is 0 Å². The maximum atomic E-state index is 13.4. The Balaban J connectivity index is 1.07. The van der Waals surface area contributed by atoms with Gasteiger partial charge in [0.25, 0.3) is 5.91 Å². The smallest absolute Gasteiger partial charge is 0.408 e. The number of phenols is 1. The van der Waals surface area contributed by atoms with E-state index in [0.717, 1.165) is 21.6 Å². The van der Waals surface area contributed by atoms with Gasteiger partial charge in [-0.3, -0.25) is 9.59 Å². The number of aliphatic hydroxyl groups is 1. The number of hydrogen-bond acceptors (Lipinski definition) is 12. The lowest BCUT2D eigenvalue weighted by Gasteiger charge is -2.36. The third kappa shape index (κ3) is 7.97. The molecule has 2 saturated heterocycles. The van der Waals surface area contributed by atoms with Gasteiger partial charge in [-0.15, -0.1) is 5.10 Å². The van der Waals surface area contributed by atoms with Crippen molar-refractivity contribution in [1.29, 1.82) is 0 Å². The summed E-state index contributed by atoms with van der Waals surface area (Å²) in [5, 5.41) is 34.4. The Labute approximate surface area is 302 Å². The average molecular weight is 723 g/mol. The second-order valence-corrected chi connectivity index (χ2v) is 13.2. The van der Waals surface area contributed by atoms with E-state index in [0.29, 0.717) is 34.3 Å². The molecule has 2 fully saturated rings. The van der Waals surface area contributed by atoms with Crippen molar-refractivity contribution in [3.63, 3.8) is 0 Å². The van der Waals surface area contributed by atoms with Gasteiger partial charge in [0, 0.05) is 17.7 Å². The zero-order valence-corrected chi connectivity index (χ0v) is 28.5. The van der Waals surface area contributed by atoms with Gasteiger partial charge >= 0.3 is 6.09 Å². The van der Waals surface area contributed by atoms with Crippen LogP contribution in [0.15, 0.2) is 108 Å². The number of benzene rings is 4. The number of aliphatic hydroxyl groups excluding tert-OH is 1. The first-order valence-corrected chi connectivity index (χ1v) is 17.5. The summed E-state index contributed by atoms with van der Waals surface area (Å²) in [6.45, 7) is -0.0608. The normalized spacial score (nSPS) is 20.2. The lowest BCUT2D eigenvalue weighted by molar-refractivity contribution is -0.245. The van der Waals surface area contributed by atoms with E-state index in [4.69, 9.17) is 14.2 Å². The molecule has 2 aliphatic rings. The minimum Gasteiger partial charge on any atom is -0.508 e. The molecule has 266 valence electrons. The molecule has 5 aromatic rings. The molecular formula is C37H34N6O8S. The Morgan fingerprint density at radius 2 is 1.69 bits per heavy atom. The molecule has 15 heteroatoms. The number of hydrogen-bond donors (Lipinski definition) is 3. The molecule has 0 saturated carbocycles. The van der Waals surface area contributed by atoms with Gasteiger partial charge < -0.3 is 29.7 Å². The van der Waals surface area contributed by atoms with Crippen molar-refractivity contribution in [3.05, 3.63) is 125 Å². The number of nitrogens with zero attached hydrogens (tertiary/aromatic N) is 5. The van der Waals surface area contributed by atoms with E-state index in [-0.39, 0.29) is 37.6 Å². The molecule has 0 aliphatic carbocycles. The first-order valence-electron chi connectivity index (χ1n) is 16.5. The van der Waals surface area contributed by atoms with E-state index in [1.807, 2.05) is 54.6 Å². The van der Waals surface area contributed by atoms with Crippen molar-refractivity contribution in [2.75, 3.05) is 10.7 Å². The van der Waals surface area contributed by atoms with Gasteiger partial charge in [-0.05, 0) is 63.5 Å². The van der Waals surface area contributed by atoms with E-state index in [1.54, 1.807) is 53.2 Å². The predicted octanol–water partition coefficient (Wildman–Crippen LogP) is 4.76. The van der Waals surface area contributed by atoms with Gasteiger partial charge in [0.05, 0.1) is 36.6 Å². The largest absolute Gasteiger partial charge is 0.508 e. The van der Waals surface area contributed by atoms with Crippen LogP contribution in [0.4, 0.5) is 10.5 Å². The number of thioether (sulfide) groups is 1. The molecule has 0 radical (unpaired) electrons. The van der Waals surface area contributed by atoms with Crippen molar-refractivity contribution in [1.82, 2.24) is 25.5 Å². The van der Waals surface area contributed by atoms with Gasteiger partial charge in [-0.25, -0.2) is 9.69 Å². The van der Waals surface area contributed by atoms with Crippen LogP contribution in [0.3, 0.4) is 0 Å². The summed E-state index contributed by atoms with van der Waals surface area (Å²) in [5.41, 5.74) is 4.03. The van der Waals surface area contributed by atoms with Crippen LogP contribution in [-0.2, 0) is 37.0 Å². The molecule has 4 atom stereocenters. The fourth-order valence-corrected chi connectivity index (χ4v) is 6.86. The fourth-order valence-electron chi connectivity index (χ4n) is 5.95. The molecular weight excluding hydrogens is 689 g/mol. The Kier molecular flexibility index (Phi) is 10.5. The van der Waals surface area contributed by atoms with Crippen LogP contribution >= 0.6 is 11.8 Å². The highest BCUT2D eigenvalue weighted by Crippen LogP contribution is 2.40. The molecule has 7 rings (SSSR count). The summed E-state index contributed by atoms with van der Waals surface area (Å²) in [4.78, 5) is 40.1. The number of rotatable bonds is 11. The fraction of sp³-hybridized carbons (Fsp3) is 0.243. The van der Waals surface area contributed by atoms with Crippen molar-refractivity contribution in [2.24, 2.45) is 0 Å². The number of aromatic nitrogens is 4. The standard InChI is InChI=1S/C37H34N6O8S/c44-20-23-9-11-25(12-10-23)32-18-30(22-52-36-39-40-41-43(36)27-13-15-29(45)16-14-27)50-35(51-32)26-7-4-8-28(17-26)42-33(46)19-31(34(42)47)38-37(48)49-21-24-5-2-1-3-6-24/h1-17,30-32,35,44-45H,18-22H2,(H,38,48)/t30-,31?,32+,35+/m0/s1. The molecule has 1 unspecified atom stereocenters. The lowest BCUT2D eigenvalue weighted by Crippen LogP contribution is -2.42. The summed E-state index contributed by atoms with van der Waals surface area (Å²) in [6.07, 6.45) is -2.11. The minimum absolute atomic E-state index is 0.0240. The van der Waals surface area contributed by atoms with E-state index < -0.39 is 30.2 Å². The number of carbonyl (C=O) groups excluding carboxylic acids is 3. The number of ether oxygens (including phenoxy) is 3. The summed E-state index contributed by atoms with van der Waals surface area (Å²) >= 11 is 1.40. The number of aromatic hydroxyl groups is 1. The highest BCUT2D eigenvalue weighted by molar-refractivity contribution is 7.99. The van der Waals surface area contributed by atoms with E-state index in [1.165, 1.54) is 11.8 Å². The molecule has 0 spiro atoms. The Morgan fingerprint density at radius 3 is 2.46 bits per heavy atom. The minimum atomic E-state index is -1.08. The molecule has 2 aliphatic heterocycles. The molecule has 52 heavy (non-hydrogen) atoms. The molecule has 0 bridgehead atoms. The number of tetrazole rings is 1. The highest BCUT2D eigenvalue weighted by atomic mass is 32.2. The maximum absolute atomic E-state index is 13.4. The Hall–Kier alpha value is -5.61. The first kappa shape index (κ1) is 34.8. The molecule has 3 heterocycles. The summed E-state index contributed by atoms with van der Waals surface area (Å²) < 4.78 is 19.8. The van der Waals surface area contributed by atoms with Crippen LogP contribution < -0.4 is 10.2 Å². The molecule has 3 N–H and O–H groups in total. The van der Waals surface area contributed by atoms with Crippen LogP contribution in [0.25, 0.3) is 5.69 Å². The second kappa shape index (κ2) is 15.7. The second-order valence-electron chi connectivity index (χ2n) is 12.2. The predicted molar refractivity (Wildman–Crippen MR) is 187 cm³/mol. The monoisotopic (exact) mass is 722 g/mol. The number of anilines is 1. The molecule has 1 aromatic heterocycles. The van der Waals surface area contributed by atoms with E-state index in [2.05, 4.69) is 20.8 Å². The topological polar surface area (TPSA) is 178 Å². The maximum Gasteiger partial charge on any atom is 0.408 e. The summed E-state index contributed by atoms with van der Waals surface area (Å²) in [7, 11) is 0. The van der Waals surface area contributed by atoms with Gasteiger partial charge in [0.15, 0.2) is 6.29 Å². The quantitative estimate of drug-likeness (QED) is 0.126. The van der Waals surface area contributed by atoms with Crippen molar-refractivity contribution in [3.8, 4) is 11.4 Å². The van der Waals surface area contributed by atoms with Gasteiger partial charge in [0.2, 0.25) is 11.1 Å². The van der Waals surface area contributed by atoms with E-state index in [9.17, 15) is 24.6 Å². The van der Waals surface area contributed by atoms with Crippen LogP contribution in [0, 0.1) is 0 Å². The highest BCUT2D eigenvalue weighted by Gasteiger charge is 2.41. The third-order valence-electron chi connectivity index (χ3n) is 8.60. The van der Waals surface area contributed by atoms with Crippen LogP contribution in [-0.4, -0.2) is 66.2 Å². The van der Waals surface area contributed by atoms with Crippen LogP contribution in [0.5, 0.6) is 5.75 Å².